The van der Waals surface area contributed by atoms with Crippen molar-refractivity contribution in [3.8, 4) is 11.1 Å². The molecule has 0 heteroatoms. The van der Waals surface area contributed by atoms with Gasteiger partial charge in [0.2, 0.25) is 0 Å². The van der Waals surface area contributed by atoms with Crippen LogP contribution in [-0.2, 0) is 23.7 Å². The summed E-state index contributed by atoms with van der Waals surface area (Å²) in [5.41, 5.74) is 30.3. The molecule has 0 N–H and O–H groups in total. The van der Waals surface area contributed by atoms with E-state index in [0.717, 1.165) is 38.5 Å². The van der Waals surface area contributed by atoms with Crippen molar-refractivity contribution >= 4 is 22.8 Å². The Bertz CT molecular complexity index is 2700. The third-order valence-corrected chi connectivity index (χ3v) is 15.8. The summed E-state index contributed by atoms with van der Waals surface area (Å²) in [7, 11) is 0. The minimum absolute atomic E-state index is 0.0472. The predicted octanol–water partition coefficient (Wildman–Crippen LogP) is 15.5. The van der Waals surface area contributed by atoms with Crippen LogP contribution in [0.25, 0.3) is 33.9 Å². The van der Waals surface area contributed by atoms with Crippen LogP contribution in [0.1, 0.15) is 143 Å². The number of rotatable bonds is 3. The van der Waals surface area contributed by atoms with Gasteiger partial charge in [-0.2, -0.15) is 0 Å². The van der Waals surface area contributed by atoms with E-state index in [9.17, 15) is 0 Å². The first-order chi connectivity index (χ1) is 28.5. The fraction of sp³-hybridized carbons (Fsp3) is 0.356. The number of hydrogen-bond acceptors (Lipinski definition) is 0. The Hall–Kier alpha value is -4.94. The zero-order chi connectivity index (χ0) is 40.4. The molecular weight excluding hydrogens is 709 g/mol. The van der Waals surface area contributed by atoms with Crippen molar-refractivity contribution in [1.29, 1.82) is 0 Å². The highest BCUT2D eigenvalue weighted by atomic mass is 14.4. The van der Waals surface area contributed by atoms with Gasteiger partial charge < -0.3 is 0 Å². The summed E-state index contributed by atoms with van der Waals surface area (Å²) in [5.74, 6) is 1.53. The molecule has 0 aromatic heterocycles. The van der Waals surface area contributed by atoms with Gasteiger partial charge in [0.15, 0.2) is 0 Å². The van der Waals surface area contributed by atoms with Gasteiger partial charge in [-0.3, -0.25) is 0 Å². The van der Waals surface area contributed by atoms with Crippen LogP contribution in [0, 0.1) is 17.8 Å². The van der Waals surface area contributed by atoms with Gasteiger partial charge in [-0.1, -0.05) is 137 Å². The monoisotopic (exact) mass is 768 g/mol. The lowest BCUT2D eigenvalue weighted by atomic mass is 9.64. The molecule has 3 aromatic carbocycles. The minimum atomic E-state index is -0.0472. The Morgan fingerprint density at radius 2 is 1.46 bits per heavy atom. The van der Waals surface area contributed by atoms with Gasteiger partial charge in [0.25, 0.3) is 0 Å². The number of fused-ring (bicyclic) bond motifs is 9. The van der Waals surface area contributed by atoms with Crippen molar-refractivity contribution in [2.45, 2.75) is 117 Å². The average Bonchev–Trinajstić information content (AvgIpc) is 3.47. The van der Waals surface area contributed by atoms with Crippen LogP contribution in [0.15, 0.2) is 137 Å². The SMILES string of the molecule is CC1=CCC2C=CC=CC2=C1c1cc2c(c3c1C=C(c1ccc4c(c1)C(C)(C)c1cc(C(C)(C)C)ccc1-4)CC3)CC(C1=C3C=CCCC3CC=C1C)C1=C2CCC=C1. The lowest BCUT2D eigenvalue weighted by Crippen LogP contribution is -2.26. The Labute approximate surface area is 354 Å². The molecule has 8 aliphatic carbocycles. The van der Waals surface area contributed by atoms with E-state index in [1.54, 1.807) is 39.0 Å². The summed E-state index contributed by atoms with van der Waals surface area (Å²) >= 11 is 0. The smallest absolute Gasteiger partial charge is 0.0159 e. The van der Waals surface area contributed by atoms with Gasteiger partial charge in [-0.15, -0.1) is 0 Å². The molecule has 0 aliphatic heterocycles. The van der Waals surface area contributed by atoms with Crippen molar-refractivity contribution in [2.24, 2.45) is 17.8 Å². The summed E-state index contributed by atoms with van der Waals surface area (Å²) in [5, 5.41) is 0. The third-order valence-electron chi connectivity index (χ3n) is 15.8. The van der Waals surface area contributed by atoms with Crippen LogP contribution < -0.4 is 0 Å². The van der Waals surface area contributed by atoms with Gasteiger partial charge in [-0.25, -0.2) is 0 Å². The lowest BCUT2D eigenvalue weighted by molar-refractivity contribution is 0.541. The van der Waals surface area contributed by atoms with Gasteiger partial charge in [0.1, 0.15) is 0 Å². The van der Waals surface area contributed by atoms with E-state index >= 15 is 0 Å². The van der Waals surface area contributed by atoms with E-state index in [2.05, 4.69) is 158 Å². The molecule has 59 heavy (non-hydrogen) atoms. The molecule has 296 valence electrons. The number of allylic oxidation sites excluding steroid dienone is 19. The quantitative estimate of drug-likeness (QED) is 0.249. The molecule has 0 fully saturated rings. The molecule has 0 bridgehead atoms. The molecule has 11 rings (SSSR count). The van der Waals surface area contributed by atoms with E-state index in [1.807, 2.05) is 0 Å². The van der Waals surface area contributed by atoms with Gasteiger partial charge in [0, 0.05) is 17.3 Å². The van der Waals surface area contributed by atoms with Crippen LogP contribution in [-0.4, -0.2) is 0 Å². The van der Waals surface area contributed by atoms with Crippen molar-refractivity contribution < 1.29 is 0 Å². The normalized spacial score (nSPS) is 24.7. The molecule has 3 unspecified atom stereocenters. The average molecular weight is 769 g/mol. The molecule has 0 radical (unpaired) electrons. The highest BCUT2D eigenvalue weighted by molar-refractivity contribution is 5.97. The third kappa shape index (κ3) is 5.75. The summed E-state index contributed by atoms with van der Waals surface area (Å²) in [6.07, 6.45) is 37.4. The fourth-order valence-electron chi connectivity index (χ4n) is 12.5. The van der Waals surface area contributed by atoms with Crippen LogP contribution in [0.5, 0.6) is 0 Å². The standard InChI is InChI=1S/C59H60/c1-35-20-22-37-14-8-10-16-42(37)56(35)52-33-51-46-27-24-39(40-25-28-47-48-29-26-41(58(3,4)5)32-55(48)59(6,7)54(47)31-40)30-49(46)53(34-50(51)44-18-12-13-19-45(44)52)57-36(2)21-23-38-15-9-11-17-43(38)57/h9-11,13,15-17,19-21,25-26,28-32,34,37-38,52H,8,12,14,18,22-24,27,33H2,1-7H3. The summed E-state index contributed by atoms with van der Waals surface area (Å²) < 4.78 is 0. The second-order valence-corrected chi connectivity index (χ2v) is 20.5. The van der Waals surface area contributed by atoms with Crippen LogP contribution >= 0.6 is 0 Å². The summed E-state index contributed by atoms with van der Waals surface area (Å²) in [6.45, 7) is 16.7. The van der Waals surface area contributed by atoms with Crippen LogP contribution in [0.2, 0.25) is 0 Å². The van der Waals surface area contributed by atoms with Crippen LogP contribution in [0.4, 0.5) is 0 Å². The Balaban J connectivity index is 1.10. The topological polar surface area (TPSA) is 0 Å². The van der Waals surface area contributed by atoms with Crippen molar-refractivity contribution in [3.63, 3.8) is 0 Å². The molecule has 0 saturated carbocycles. The van der Waals surface area contributed by atoms with E-state index in [0.29, 0.717) is 17.8 Å². The van der Waals surface area contributed by atoms with E-state index < -0.39 is 0 Å². The lowest BCUT2D eigenvalue weighted by Gasteiger charge is -2.40. The predicted molar refractivity (Wildman–Crippen MR) is 252 cm³/mol. The Kier molecular flexibility index (Phi) is 8.51. The maximum atomic E-state index is 2.69. The largest absolute Gasteiger partial charge is 0.0842 e. The first-order valence-electron chi connectivity index (χ1n) is 22.9. The second kappa shape index (κ2) is 13.5. The maximum Gasteiger partial charge on any atom is 0.0159 e. The Morgan fingerprint density at radius 3 is 2.31 bits per heavy atom. The van der Waals surface area contributed by atoms with E-state index in [4.69, 9.17) is 0 Å². The first-order valence-corrected chi connectivity index (χ1v) is 22.9. The highest BCUT2D eigenvalue weighted by Gasteiger charge is 2.39. The van der Waals surface area contributed by atoms with Crippen molar-refractivity contribution in [3.05, 3.63) is 187 Å². The zero-order valence-corrected chi connectivity index (χ0v) is 36.5. The molecule has 3 aromatic rings. The molecule has 0 saturated heterocycles. The van der Waals surface area contributed by atoms with E-state index in [-0.39, 0.29) is 10.8 Å². The molecule has 0 amide bonds. The molecular formula is C59H60. The molecule has 0 spiro atoms. The summed E-state index contributed by atoms with van der Waals surface area (Å²) in [6, 6.07) is 17.4. The van der Waals surface area contributed by atoms with Gasteiger partial charge in [0.05, 0.1) is 0 Å². The Morgan fingerprint density at radius 1 is 0.678 bits per heavy atom. The van der Waals surface area contributed by atoms with Crippen molar-refractivity contribution in [2.75, 3.05) is 0 Å². The van der Waals surface area contributed by atoms with E-state index in [1.165, 1.54) is 91.6 Å². The van der Waals surface area contributed by atoms with Crippen LogP contribution in [0.3, 0.4) is 0 Å². The minimum Gasteiger partial charge on any atom is -0.0842 e. The number of benzene rings is 3. The molecule has 8 aliphatic rings. The first kappa shape index (κ1) is 37.1. The maximum absolute atomic E-state index is 2.69. The number of hydrogen-bond donors (Lipinski definition) is 0. The highest BCUT2D eigenvalue weighted by Crippen LogP contribution is 2.54. The zero-order valence-electron chi connectivity index (χ0n) is 36.5. The van der Waals surface area contributed by atoms with Crippen molar-refractivity contribution in [1.82, 2.24) is 0 Å². The molecule has 0 heterocycles. The molecule has 3 atom stereocenters. The summed E-state index contributed by atoms with van der Waals surface area (Å²) in [4.78, 5) is 0. The van der Waals surface area contributed by atoms with Gasteiger partial charge >= 0.3 is 0 Å². The second-order valence-electron chi connectivity index (χ2n) is 20.5. The fourth-order valence-corrected chi connectivity index (χ4v) is 12.5. The van der Waals surface area contributed by atoms with Gasteiger partial charge in [-0.05, 0) is 201 Å². The molecule has 0 nitrogen and oxygen atoms in total.